The van der Waals surface area contributed by atoms with Crippen LogP contribution in [-0.4, -0.2) is 19.6 Å². The van der Waals surface area contributed by atoms with Crippen molar-refractivity contribution in [2.24, 2.45) is 5.73 Å². The van der Waals surface area contributed by atoms with Gasteiger partial charge in [-0.2, -0.15) is 0 Å². The lowest BCUT2D eigenvalue weighted by molar-refractivity contribution is 0.103. The second-order valence-electron chi connectivity index (χ2n) is 3.97. The van der Waals surface area contributed by atoms with E-state index >= 15 is 0 Å². The maximum absolute atomic E-state index is 13.1. The molecule has 4 nitrogen and oxygen atoms in total. The van der Waals surface area contributed by atoms with Gasteiger partial charge in [0, 0.05) is 11.6 Å². The summed E-state index contributed by atoms with van der Waals surface area (Å²) in [5.74, 6) is 5.05. The van der Waals surface area contributed by atoms with E-state index in [-0.39, 0.29) is 18.2 Å². The van der Waals surface area contributed by atoms with Gasteiger partial charge >= 0.3 is 0 Å². The summed E-state index contributed by atoms with van der Waals surface area (Å²) >= 11 is 1.27. The molecule has 0 saturated heterocycles. The fourth-order valence-corrected chi connectivity index (χ4v) is 2.42. The van der Waals surface area contributed by atoms with E-state index in [1.54, 1.807) is 11.4 Å². The Balaban J connectivity index is 2.25. The highest BCUT2D eigenvalue weighted by Crippen LogP contribution is 2.26. The van der Waals surface area contributed by atoms with Crippen LogP contribution >= 0.6 is 11.3 Å². The van der Waals surface area contributed by atoms with Gasteiger partial charge in [-0.25, -0.2) is 4.39 Å². The zero-order valence-electron chi connectivity index (χ0n) is 11.3. The molecule has 0 aliphatic heterocycles. The predicted molar refractivity (Wildman–Crippen MR) is 81.2 cm³/mol. The number of rotatable bonds is 3. The van der Waals surface area contributed by atoms with Crippen molar-refractivity contribution in [1.82, 2.24) is 0 Å². The van der Waals surface area contributed by atoms with Crippen molar-refractivity contribution in [3.05, 3.63) is 45.9 Å². The maximum atomic E-state index is 13.1. The molecule has 3 N–H and O–H groups in total. The average molecular weight is 304 g/mol. The van der Waals surface area contributed by atoms with Crippen molar-refractivity contribution in [2.45, 2.75) is 0 Å². The highest BCUT2D eigenvalue weighted by Gasteiger charge is 2.14. The minimum Gasteiger partial charge on any atom is -0.494 e. The standard InChI is InChI=1S/C15H13FN2O2S/c1-20-13-9-11(16)4-5-12(13)18-15(19)14-10(3-2-7-17)6-8-21-14/h4-6,8-9H,7,17H2,1H3,(H,18,19). The van der Waals surface area contributed by atoms with Gasteiger partial charge in [0.25, 0.3) is 5.91 Å². The Bertz CT molecular complexity index is 716. The third kappa shape index (κ3) is 3.60. The van der Waals surface area contributed by atoms with Gasteiger partial charge in [-0.05, 0) is 23.6 Å². The molecular formula is C15H13FN2O2S. The zero-order chi connectivity index (χ0) is 15.2. The van der Waals surface area contributed by atoms with Crippen molar-refractivity contribution in [3.8, 4) is 17.6 Å². The summed E-state index contributed by atoms with van der Waals surface area (Å²) in [6.07, 6.45) is 0. The van der Waals surface area contributed by atoms with Gasteiger partial charge < -0.3 is 15.8 Å². The average Bonchev–Trinajstić information content (AvgIpc) is 2.95. The van der Waals surface area contributed by atoms with E-state index in [4.69, 9.17) is 10.5 Å². The van der Waals surface area contributed by atoms with E-state index in [0.717, 1.165) is 0 Å². The number of carbonyl (C=O) groups excluding carboxylic acids is 1. The predicted octanol–water partition coefficient (Wildman–Crippen LogP) is 2.46. The summed E-state index contributed by atoms with van der Waals surface area (Å²) in [5, 5.41) is 4.46. The number of methoxy groups -OCH3 is 1. The number of ether oxygens (including phenoxy) is 1. The van der Waals surface area contributed by atoms with E-state index in [2.05, 4.69) is 17.2 Å². The summed E-state index contributed by atoms with van der Waals surface area (Å²) < 4.78 is 18.2. The molecule has 0 fully saturated rings. The lowest BCUT2D eigenvalue weighted by atomic mass is 10.2. The number of thiophene rings is 1. The number of hydrogen-bond donors (Lipinski definition) is 2. The number of nitrogens with one attached hydrogen (secondary N) is 1. The third-order valence-electron chi connectivity index (χ3n) is 2.61. The molecule has 0 atom stereocenters. The summed E-state index contributed by atoms with van der Waals surface area (Å²) in [6, 6.07) is 5.66. The number of benzene rings is 1. The van der Waals surface area contributed by atoms with Gasteiger partial charge in [0.05, 0.1) is 19.3 Å². The molecule has 0 aliphatic rings. The van der Waals surface area contributed by atoms with Gasteiger partial charge in [-0.15, -0.1) is 11.3 Å². The first-order valence-electron chi connectivity index (χ1n) is 6.07. The molecule has 1 aromatic carbocycles. The summed E-state index contributed by atoms with van der Waals surface area (Å²) in [7, 11) is 1.41. The lowest BCUT2D eigenvalue weighted by Crippen LogP contribution is -2.12. The van der Waals surface area contributed by atoms with Crippen LogP contribution in [0.15, 0.2) is 29.6 Å². The van der Waals surface area contributed by atoms with Crippen molar-refractivity contribution < 1.29 is 13.9 Å². The minimum atomic E-state index is -0.435. The van der Waals surface area contributed by atoms with Crippen LogP contribution < -0.4 is 15.8 Å². The fourth-order valence-electron chi connectivity index (χ4n) is 1.68. The number of carbonyl (C=O) groups is 1. The molecule has 108 valence electrons. The van der Waals surface area contributed by atoms with Crippen LogP contribution in [0.2, 0.25) is 0 Å². The molecule has 6 heteroatoms. The van der Waals surface area contributed by atoms with Gasteiger partial charge in [-0.3, -0.25) is 4.79 Å². The quantitative estimate of drug-likeness (QED) is 0.856. The Morgan fingerprint density at radius 2 is 2.29 bits per heavy atom. The smallest absolute Gasteiger partial charge is 0.267 e. The highest BCUT2D eigenvalue weighted by atomic mass is 32.1. The first kappa shape index (κ1) is 15.0. The summed E-state index contributed by atoms with van der Waals surface area (Å²) in [4.78, 5) is 12.7. The number of nitrogens with two attached hydrogens (primary N) is 1. The van der Waals surface area contributed by atoms with Crippen molar-refractivity contribution in [1.29, 1.82) is 0 Å². The molecule has 0 unspecified atom stereocenters. The van der Waals surface area contributed by atoms with Crippen LogP contribution in [0.1, 0.15) is 15.2 Å². The normalized spacial score (nSPS) is 9.67. The Morgan fingerprint density at radius 1 is 1.48 bits per heavy atom. The molecule has 0 spiro atoms. The lowest BCUT2D eigenvalue weighted by Gasteiger charge is -2.09. The van der Waals surface area contributed by atoms with Gasteiger partial charge in [0.2, 0.25) is 0 Å². The SMILES string of the molecule is COc1cc(F)ccc1NC(=O)c1sccc1C#CCN. The van der Waals surface area contributed by atoms with Crippen molar-refractivity contribution in [3.63, 3.8) is 0 Å². The highest BCUT2D eigenvalue weighted by molar-refractivity contribution is 7.12. The first-order valence-corrected chi connectivity index (χ1v) is 6.95. The summed E-state index contributed by atoms with van der Waals surface area (Å²) in [6.45, 7) is 0.225. The number of anilines is 1. The van der Waals surface area contributed by atoms with E-state index in [9.17, 15) is 9.18 Å². The molecule has 21 heavy (non-hydrogen) atoms. The van der Waals surface area contributed by atoms with Crippen molar-refractivity contribution in [2.75, 3.05) is 19.0 Å². The van der Waals surface area contributed by atoms with Crippen molar-refractivity contribution >= 4 is 22.9 Å². The molecule has 0 radical (unpaired) electrons. The Morgan fingerprint density at radius 3 is 3.00 bits per heavy atom. The Kier molecular flexibility index (Phi) is 4.93. The number of amides is 1. The summed E-state index contributed by atoms with van der Waals surface area (Å²) in [5.41, 5.74) is 6.34. The molecular weight excluding hydrogens is 291 g/mol. The molecule has 0 bridgehead atoms. The first-order chi connectivity index (χ1) is 10.2. The number of hydrogen-bond acceptors (Lipinski definition) is 4. The fraction of sp³-hybridized carbons (Fsp3) is 0.133. The second-order valence-corrected chi connectivity index (χ2v) is 4.88. The van der Waals surface area contributed by atoms with E-state index in [1.165, 1.54) is 36.6 Å². The van der Waals surface area contributed by atoms with Gasteiger partial charge in [0.15, 0.2) is 0 Å². The van der Waals surface area contributed by atoms with Crippen LogP contribution in [0.3, 0.4) is 0 Å². The molecule has 0 aliphatic carbocycles. The van der Waals surface area contributed by atoms with E-state index in [1.807, 2.05) is 0 Å². The molecule has 0 saturated carbocycles. The molecule has 1 heterocycles. The van der Waals surface area contributed by atoms with E-state index in [0.29, 0.717) is 16.1 Å². The molecule has 2 rings (SSSR count). The van der Waals surface area contributed by atoms with Crippen LogP contribution in [0.4, 0.5) is 10.1 Å². The molecule has 2 aromatic rings. The third-order valence-corrected chi connectivity index (χ3v) is 3.52. The van der Waals surface area contributed by atoms with Gasteiger partial charge in [0.1, 0.15) is 16.4 Å². The van der Waals surface area contributed by atoms with Crippen LogP contribution in [-0.2, 0) is 0 Å². The Labute approximate surface area is 125 Å². The largest absolute Gasteiger partial charge is 0.494 e. The van der Waals surface area contributed by atoms with Crippen LogP contribution in [0.25, 0.3) is 0 Å². The maximum Gasteiger partial charge on any atom is 0.267 e. The number of halogens is 1. The zero-order valence-corrected chi connectivity index (χ0v) is 12.1. The molecule has 1 aromatic heterocycles. The monoisotopic (exact) mass is 304 g/mol. The topological polar surface area (TPSA) is 64.3 Å². The van der Waals surface area contributed by atoms with Crippen LogP contribution in [0, 0.1) is 17.7 Å². The van der Waals surface area contributed by atoms with E-state index < -0.39 is 5.82 Å². The van der Waals surface area contributed by atoms with Crippen LogP contribution in [0.5, 0.6) is 5.75 Å². The molecule has 1 amide bonds. The van der Waals surface area contributed by atoms with Gasteiger partial charge in [-0.1, -0.05) is 11.8 Å². The Hall–Kier alpha value is -2.36. The second kappa shape index (κ2) is 6.88. The minimum absolute atomic E-state index is 0.225.